The standard InChI is InChI=1S/C15H28N2O2/c1-15(19)9-5-4-7-12(15)13-8-6-10-17(13)14(18)11-16(2)3/h12-13,19H,4-11H2,1-3H3/t12-,13+,15-/m0/s1. The van der Waals surface area contributed by atoms with Gasteiger partial charge in [-0.05, 0) is 46.7 Å². The van der Waals surface area contributed by atoms with E-state index >= 15 is 0 Å². The van der Waals surface area contributed by atoms with Crippen LogP contribution in [0.15, 0.2) is 0 Å². The van der Waals surface area contributed by atoms with Crippen LogP contribution in [0.2, 0.25) is 0 Å². The maximum Gasteiger partial charge on any atom is 0.236 e. The molecule has 2 rings (SSSR count). The van der Waals surface area contributed by atoms with Gasteiger partial charge in [0.15, 0.2) is 0 Å². The number of hydrogen-bond acceptors (Lipinski definition) is 3. The monoisotopic (exact) mass is 268 g/mol. The van der Waals surface area contributed by atoms with E-state index in [4.69, 9.17) is 0 Å². The molecule has 1 heterocycles. The Morgan fingerprint density at radius 1 is 1.32 bits per heavy atom. The maximum atomic E-state index is 12.3. The molecule has 1 saturated carbocycles. The first-order valence-corrected chi connectivity index (χ1v) is 7.58. The molecule has 3 atom stereocenters. The normalized spacial score (nSPS) is 35.9. The summed E-state index contributed by atoms with van der Waals surface area (Å²) in [5.74, 6) is 0.476. The Labute approximate surface area is 116 Å². The second-order valence-corrected chi connectivity index (χ2v) is 6.74. The van der Waals surface area contributed by atoms with E-state index in [1.807, 2.05) is 30.8 Å². The van der Waals surface area contributed by atoms with Crippen molar-refractivity contribution >= 4 is 5.91 Å². The van der Waals surface area contributed by atoms with Crippen molar-refractivity contribution in [2.75, 3.05) is 27.2 Å². The molecule has 19 heavy (non-hydrogen) atoms. The minimum absolute atomic E-state index is 0.217. The number of carbonyl (C=O) groups is 1. The van der Waals surface area contributed by atoms with Gasteiger partial charge in [-0.15, -0.1) is 0 Å². The fourth-order valence-electron chi connectivity index (χ4n) is 3.83. The molecule has 1 saturated heterocycles. The lowest BCUT2D eigenvalue weighted by Crippen LogP contribution is -2.51. The van der Waals surface area contributed by atoms with Gasteiger partial charge in [0, 0.05) is 18.5 Å². The van der Waals surface area contributed by atoms with Crippen molar-refractivity contribution < 1.29 is 9.90 Å². The molecule has 0 bridgehead atoms. The molecule has 2 aliphatic rings. The van der Waals surface area contributed by atoms with E-state index in [1.54, 1.807) is 0 Å². The Kier molecular flexibility index (Phi) is 4.51. The second kappa shape index (κ2) is 5.80. The number of carbonyl (C=O) groups excluding carboxylic acids is 1. The molecule has 0 unspecified atom stereocenters. The summed E-state index contributed by atoms with van der Waals surface area (Å²) >= 11 is 0. The molecule has 0 radical (unpaired) electrons. The van der Waals surface area contributed by atoms with Gasteiger partial charge in [-0.3, -0.25) is 4.79 Å². The Bertz CT molecular complexity index is 328. The third-order valence-corrected chi connectivity index (χ3v) is 4.78. The van der Waals surface area contributed by atoms with E-state index in [9.17, 15) is 9.90 Å². The molecule has 1 aliphatic carbocycles. The predicted octanol–water partition coefficient (Wildman–Crippen LogP) is 1.48. The van der Waals surface area contributed by atoms with Crippen LogP contribution in [0.25, 0.3) is 0 Å². The predicted molar refractivity (Wildman–Crippen MR) is 75.9 cm³/mol. The zero-order valence-corrected chi connectivity index (χ0v) is 12.6. The first-order chi connectivity index (χ1) is 8.92. The topological polar surface area (TPSA) is 43.8 Å². The summed E-state index contributed by atoms with van der Waals surface area (Å²) in [5, 5.41) is 10.6. The van der Waals surface area contributed by atoms with Crippen molar-refractivity contribution in [2.24, 2.45) is 5.92 Å². The lowest BCUT2D eigenvalue weighted by atomic mass is 9.72. The van der Waals surface area contributed by atoms with E-state index < -0.39 is 5.60 Å². The van der Waals surface area contributed by atoms with Gasteiger partial charge in [-0.1, -0.05) is 12.8 Å². The molecule has 2 fully saturated rings. The van der Waals surface area contributed by atoms with Gasteiger partial charge in [0.25, 0.3) is 0 Å². The van der Waals surface area contributed by atoms with Crippen molar-refractivity contribution in [3.63, 3.8) is 0 Å². The van der Waals surface area contributed by atoms with Crippen LogP contribution < -0.4 is 0 Å². The summed E-state index contributed by atoms with van der Waals surface area (Å²) in [7, 11) is 3.86. The largest absolute Gasteiger partial charge is 0.390 e. The van der Waals surface area contributed by atoms with Gasteiger partial charge in [0.05, 0.1) is 12.1 Å². The fraction of sp³-hybridized carbons (Fsp3) is 0.933. The zero-order valence-electron chi connectivity index (χ0n) is 12.6. The average molecular weight is 268 g/mol. The number of nitrogens with zero attached hydrogens (tertiary/aromatic N) is 2. The highest BCUT2D eigenvalue weighted by Crippen LogP contribution is 2.40. The number of hydrogen-bond donors (Lipinski definition) is 1. The van der Waals surface area contributed by atoms with Crippen molar-refractivity contribution in [3.05, 3.63) is 0 Å². The van der Waals surface area contributed by atoms with Crippen LogP contribution in [0.5, 0.6) is 0 Å². The average Bonchev–Trinajstić information content (AvgIpc) is 2.76. The molecule has 1 aliphatic heterocycles. The summed E-state index contributed by atoms with van der Waals surface area (Å²) in [4.78, 5) is 16.3. The van der Waals surface area contributed by atoms with E-state index in [2.05, 4.69) is 0 Å². The van der Waals surface area contributed by atoms with Gasteiger partial charge < -0.3 is 14.9 Å². The summed E-state index contributed by atoms with van der Waals surface area (Å²) in [6, 6.07) is 0.253. The highest BCUT2D eigenvalue weighted by atomic mass is 16.3. The van der Waals surface area contributed by atoms with Gasteiger partial charge in [-0.2, -0.15) is 0 Å². The highest BCUT2D eigenvalue weighted by molar-refractivity contribution is 5.78. The molecule has 0 aromatic carbocycles. The maximum absolute atomic E-state index is 12.3. The molecule has 4 heteroatoms. The molecule has 1 N–H and O–H groups in total. The Hall–Kier alpha value is -0.610. The summed E-state index contributed by atoms with van der Waals surface area (Å²) in [6.45, 7) is 3.30. The van der Waals surface area contributed by atoms with E-state index in [1.165, 1.54) is 6.42 Å². The quantitative estimate of drug-likeness (QED) is 0.843. The molecule has 1 amide bonds. The van der Waals surface area contributed by atoms with E-state index in [-0.39, 0.29) is 17.9 Å². The molecule has 0 spiro atoms. The third kappa shape index (κ3) is 3.29. The Morgan fingerprint density at radius 2 is 2.05 bits per heavy atom. The van der Waals surface area contributed by atoms with Crippen molar-refractivity contribution in [2.45, 2.75) is 57.1 Å². The van der Waals surface area contributed by atoms with Crippen molar-refractivity contribution in [3.8, 4) is 0 Å². The van der Waals surface area contributed by atoms with Crippen LogP contribution in [0.3, 0.4) is 0 Å². The fourth-order valence-corrected chi connectivity index (χ4v) is 3.83. The van der Waals surface area contributed by atoms with Gasteiger partial charge in [0.2, 0.25) is 5.91 Å². The number of likely N-dealkylation sites (N-methyl/N-ethyl adjacent to an activating group) is 1. The molecule has 0 aromatic rings. The van der Waals surface area contributed by atoms with Crippen LogP contribution in [0.1, 0.15) is 45.4 Å². The van der Waals surface area contributed by atoms with Crippen LogP contribution in [0.4, 0.5) is 0 Å². The van der Waals surface area contributed by atoms with Crippen LogP contribution >= 0.6 is 0 Å². The third-order valence-electron chi connectivity index (χ3n) is 4.78. The highest BCUT2D eigenvalue weighted by Gasteiger charge is 2.44. The summed E-state index contributed by atoms with van der Waals surface area (Å²) < 4.78 is 0. The zero-order chi connectivity index (χ0) is 14.0. The first-order valence-electron chi connectivity index (χ1n) is 7.58. The van der Waals surface area contributed by atoms with E-state index in [0.717, 1.165) is 38.6 Å². The van der Waals surface area contributed by atoms with Crippen LogP contribution in [-0.4, -0.2) is 59.6 Å². The van der Waals surface area contributed by atoms with Crippen LogP contribution in [-0.2, 0) is 4.79 Å². The summed E-state index contributed by atoms with van der Waals surface area (Å²) in [5.41, 5.74) is -0.593. The molecule has 0 aromatic heterocycles. The van der Waals surface area contributed by atoms with Gasteiger partial charge in [-0.25, -0.2) is 0 Å². The molecular formula is C15H28N2O2. The first kappa shape index (κ1) is 14.8. The smallest absolute Gasteiger partial charge is 0.236 e. The minimum atomic E-state index is -0.593. The van der Waals surface area contributed by atoms with Crippen LogP contribution in [0, 0.1) is 5.92 Å². The Balaban J connectivity index is 2.07. The van der Waals surface area contributed by atoms with Gasteiger partial charge >= 0.3 is 0 Å². The molecular weight excluding hydrogens is 240 g/mol. The number of aliphatic hydroxyl groups is 1. The number of likely N-dealkylation sites (tertiary alicyclic amines) is 1. The number of amides is 1. The lowest BCUT2D eigenvalue weighted by molar-refractivity contribution is -0.137. The number of rotatable bonds is 3. The summed E-state index contributed by atoms with van der Waals surface area (Å²) in [6.07, 6.45) is 6.37. The van der Waals surface area contributed by atoms with Crippen molar-refractivity contribution in [1.29, 1.82) is 0 Å². The molecule has 4 nitrogen and oxygen atoms in total. The van der Waals surface area contributed by atoms with Gasteiger partial charge in [0.1, 0.15) is 0 Å². The lowest BCUT2D eigenvalue weighted by Gasteiger charge is -2.43. The van der Waals surface area contributed by atoms with E-state index in [0.29, 0.717) is 6.54 Å². The minimum Gasteiger partial charge on any atom is -0.390 e. The SMILES string of the molecule is CN(C)CC(=O)N1CCC[C@@H]1[C@@H]1CCCC[C@]1(C)O. The Morgan fingerprint density at radius 3 is 2.68 bits per heavy atom. The second-order valence-electron chi connectivity index (χ2n) is 6.74. The molecule has 110 valence electrons. The van der Waals surface area contributed by atoms with Crippen molar-refractivity contribution in [1.82, 2.24) is 9.80 Å².